The highest BCUT2D eigenvalue weighted by atomic mass is 16.3. The summed E-state index contributed by atoms with van der Waals surface area (Å²) < 4.78 is 0. The summed E-state index contributed by atoms with van der Waals surface area (Å²) in [6, 6.07) is 0. The van der Waals surface area contributed by atoms with Crippen molar-refractivity contribution in [1.29, 1.82) is 0 Å². The molecule has 0 aromatic carbocycles. The number of carbonyl (C=O) groups excluding carboxylic acids is 1. The van der Waals surface area contributed by atoms with Gasteiger partial charge in [-0.15, -0.1) is 0 Å². The molecule has 4 nitrogen and oxygen atoms in total. The Morgan fingerprint density at radius 2 is 1.65 bits per heavy atom. The van der Waals surface area contributed by atoms with Gasteiger partial charge in [-0.25, -0.2) is 5.01 Å². The molecule has 0 aromatic rings. The Hall–Kier alpha value is -0.610. The van der Waals surface area contributed by atoms with Crippen molar-refractivity contribution in [1.82, 2.24) is 10.4 Å². The summed E-state index contributed by atoms with van der Waals surface area (Å²) >= 11 is 0. The van der Waals surface area contributed by atoms with Crippen molar-refractivity contribution in [3.63, 3.8) is 0 Å². The average Bonchev–Trinajstić information content (AvgIpc) is 2.30. The Morgan fingerprint density at radius 3 is 2.29 bits per heavy atom. The first-order valence-electron chi connectivity index (χ1n) is 6.95. The van der Waals surface area contributed by atoms with Crippen LogP contribution in [0.1, 0.15) is 57.8 Å². The summed E-state index contributed by atoms with van der Waals surface area (Å²) in [7, 11) is 0. The minimum absolute atomic E-state index is 0.0173. The third-order valence-electron chi connectivity index (χ3n) is 3.91. The van der Waals surface area contributed by atoms with Gasteiger partial charge in [0.1, 0.15) is 0 Å². The number of nitrogens with one attached hydrogen (secondary N) is 1. The second kappa shape index (κ2) is 5.83. The zero-order chi connectivity index (χ0) is 12.1. The minimum atomic E-state index is -0.738. The lowest BCUT2D eigenvalue weighted by Crippen LogP contribution is -2.48. The molecule has 0 atom stereocenters. The lowest BCUT2D eigenvalue weighted by molar-refractivity contribution is -0.132. The second-order valence-corrected chi connectivity index (χ2v) is 5.54. The summed E-state index contributed by atoms with van der Waals surface area (Å²) in [6.07, 6.45) is 8.69. The van der Waals surface area contributed by atoms with Crippen molar-refractivity contribution in [3.8, 4) is 0 Å². The number of carbonyl (C=O) groups is 1. The van der Waals surface area contributed by atoms with Crippen molar-refractivity contribution in [2.75, 3.05) is 13.1 Å². The van der Waals surface area contributed by atoms with E-state index < -0.39 is 5.60 Å². The van der Waals surface area contributed by atoms with E-state index in [9.17, 15) is 9.90 Å². The minimum Gasteiger partial charge on any atom is -0.389 e. The van der Waals surface area contributed by atoms with Crippen molar-refractivity contribution >= 4 is 5.91 Å². The van der Waals surface area contributed by atoms with Gasteiger partial charge in [0.2, 0.25) is 5.91 Å². The van der Waals surface area contributed by atoms with Crippen LogP contribution in [0.4, 0.5) is 0 Å². The van der Waals surface area contributed by atoms with Crippen LogP contribution in [0, 0.1) is 0 Å². The van der Waals surface area contributed by atoms with E-state index in [1.165, 1.54) is 12.8 Å². The van der Waals surface area contributed by atoms with Crippen molar-refractivity contribution in [2.24, 2.45) is 0 Å². The summed E-state index contributed by atoms with van der Waals surface area (Å²) in [5.74, 6) is -0.0173. The largest absolute Gasteiger partial charge is 0.389 e. The number of nitrogens with zero attached hydrogens (tertiary/aromatic N) is 1. The topological polar surface area (TPSA) is 52.6 Å². The monoisotopic (exact) mass is 240 g/mol. The van der Waals surface area contributed by atoms with Gasteiger partial charge in [0.05, 0.1) is 12.0 Å². The summed E-state index contributed by atoms with van der Waals surface area (Å²) in [6.45, 7) is 1.90. The number of amides is 1. The first-order chi connectivity index (χ1) is 8.18. The number of hydrogen-bond acceptors (Lipinski definition) is 3. The van der Waals surface area contributed by atoms with Crippen molar-refractivity contribution in [3.05, 3.63) is 0 Å². The van der Waals surface area contributed by atoms with Gasteiger partial charge < -0.3 is 5.11 Å². The quantitative estimate of drug-likeness (QED) is 0.787. The van der Waals surface area contributed by atoms with Crippen LogP contribution in [-0.2, 0) is 4.79 Å². The molecule has 0 radical (unpaired) electrons. The van der Waals surface area contributed by atoms with Crippen LogP contribution in [0.3, 0.4) is 0 Å². The zero-order valence-corrected chi connectivity index (χ0v) is 10.6. The lowest BCUT2D eigenvalue weighted by Gasteiger charge is -2.33. The maximum absolute atomic E-state index is 11.9. The Balaban J connectivity index is 1.75. The molecule has 2 N–H and O–H groups in total. The van der Waals surface area contributed by atoms with Crippen LogP contribution in [-0.4, -0.2) is 34.7 Å². The Morgan fingerprint density at radius 1 is 1.06 bits per heavy atom. The zero-order valence-electron chi connectivity index (χ0n) is 10.6. The first-order valence-corrected chi connectivity index (χ1v) is 6.95. The average molecular weight is 240 g/mol. The van der Waals surface area contributed by atoms with E-state index in [1.54, 1.807) is 0 Å². The molecule has 1 amide bonds. The van der Waals surface area contributed by atoms with E-state index in [0.29, 0.717) is 0 Å². The number of rotatable bonds is 3. The molecular weight excluding hydrogens is 216 g/mol. The molecule has 1 heterocycles. The molecule has 1 saturated heterocycles. The fraction of sp³-hybridized carbons (Fsp3) is 0.923. The Labute approximate surface area is 103 Å². The lowest BCUT2D eigenvalue weighted by atomic mass is 9.82. The van der Waals surface area contributed by atoms with Gasteiger partial charge >= 0.3 is 0 Å². The SMILES string of the molecule is O=C(CC1(O)CCCCC1)NN1CCCCC1. The molecule has 0 bridgehead atoms. The molecule has 2 rings (SSSR count). The van der Waals surface area contributed by atoms with E-state index in [0.717, 1.165) is 51.6 Å². The van der Waals surface area contributed by atoms with Gasteiger partial charge in [-0.2, -0.15) is 0 Å². The van der Waals surface area contributed by atoms with Crippen molar-refractivity contribution in [2.45, 2.75) is 63.4 Å². The van der Waals surface area contributed by atoms with E-state index in [1.807, 2.05) is 5.01 Å². The predicted molar refractivity (Wildman–Crippen MR) is 66.2 cm³/mol. The smallest absolute Gasteiger partial charge is 0.237 e. The van der Waals surface area contributed by atoms with Crippen LogP contribution in [0.15, 0.2) is 0 Å². The highest BCUT2D eigenvalue weighted by molar-refractivity contribution is 5.76. The predicted octanol–water partition coefficient (Wildman–Crippen LogP) is 1.59. The molecule has 0 aromatic heterocycles. The van der Waals surface area contributed by atoms with Crippen LogP contribution >= 0.6 is 0 Å². The fourth-order valence-corrected chi connectivity index (χ4v) is 2.91. The molecule has 17 heavy (non-hydrogen) atoms. The molecule has 0 spiro atoms. The number of piperidine rings is 1. The Kier molecular flexibility index (Phi) is 4.40. The molecule has 1 aliphatic carbocycles. The maximum atomic E-state index is 11.9. The molecule has 1 saturated carbocycles. The Bertz CT molecular complexity index is 256. The fourth-order valence-electron chi connectivity index (χ4n) is 2.91. The standard InChI is InChI=1S/C13H24N2O2/c16-12(14-15-9-5-2-6-10-15)11-13(17)7-3-1-4-8-13/h17H,1-11H2,(H,14,16). The van der Waals surface area contributed by atoms with Crippen LogP contribution < -0.4 is 5.43 Å². The summed E-state index contributed by atoms with van der Waals surface area (Å²) in [5, 5.41) is 12.3. The molecule has 2 fully saturated rings. The van der Waals surface area contributed by atoms with Crippen LogP contribution in [0.5, 0.6) is 0 Å². The van der Waals surface area contributed by atoms with Gasteiger partial charge in [-0.1, -0.05) is 25.7 Å². The third kappa shape index (κ3) is 3.96. The highest BCUT2D eigenvalue weighted by Gasteiger charge is 2.32. The van der Waals surface area contributed by atoms with Gasteiger partial charge in [0.25, 0.3) is 0 Å². The molecule has 4 heteroatoms. The molecular formula is C13H24N2O2. The van der Waals surface area contributed by atoms with E-state index in [2.05, 4.69) is 5.43 Å². The molecule has 98 valence electrons. The summed E-state index contributed by atoms with van der Waals surface area (Å²) in [5.41, 5.74) is 2.19. The molecule has 1 aliphatic heterocycles. The number of hydrogen-bond donors (Lipinski definition) is 2. The second-order valence-electron chi connectivity index (χ2n) is 5.54. The molecule has 0 unspecified atom stereocenters. The van der Waals surface area contributed by atoms with Gasteiger partial charge in [0.15, 0.2) is 0 Å². The molecule has 2 aliphatic rings. The van der Waals surface area contributed by atoms with Crippen LogP contribution in [0.2, 0.25) is 0 Å². The van der Waals surface area contributed by atoms with E-state index >= 15 is 0 Å². The van der Waals surface area contributed by atoms with Gasteiger partial charge in [0, 0.05) is 13.1 Å². The van der Waals surface area contributed by atoms with Gasteiger partial charge in [-0.3, -0.25) is 10.2 Å². The van der Waals surface area contributed by atoms with Crippen LogP contribution in [0.25, 0.3) is 0 Å². The normalized spacial score (nSPS) is 25.5. The van der Waals surface area contributed by atoms with Crippen molar-refractivity contribution < 1.29 is 9.90 Å². The van der Waals surface area contributed by atoms with E-state index in [-0.39, 0.29) is 12.3 Å². The maximum Gasteiger partial charge on any atom is 0.237 e. The highest BCUT2D eigenvalue weighted by Crippen LogP contribution is 2.30. The number of hydrazine groups is 1. The first kappa shape index (κ1) is 12.8. The third-order valence-corrected chi connectivity index (χ3v) is 3.91. The summed E-state index contributed by atoms with van der Waals surface area (Å²) in [4.78, 5) is 11.9. The number of aliphatic hydroxyl groups is 1. The van der Waals surface area contributed by atoms with Gasteiger partial charge in [-0.05, 0) is 25.7 Å². The van der Waals surface area contributed by atoms with E-state index in [4.69, 9.17) is 0 Å².